The van der Waals surface area contributed by atoms with Crippen LogP contribution < -0.4 is 5.73 Å². The summed E-state index contributed by atoms with van der Waals surface area (Å²) in [6, 6.07) is 2.27. The Kier molecular flexibility index (Phi) is 3.84. The van der Waals surface area contributed by atoms with Crippen LogP contribution >= 0.6 is 11.3 Å². The van der Waals surface area contributed by atoms with Crippen LogP contribution in [0.4, 0.5) is 0 Å². The number of rotatable bonds is 3. The number of hydrogen-bond acceptors (Lipinski definition) is 3. The number of amides is 1. The van der Waals surface area contributed by atoms with Crippen molar-refractivity contribution in [3.05, 3.63) is 21.4 Å². The fraction of sp³-hybridized carbons (Fsp3) is 0.615. The van der Waals surface area contributed by atoms with Crippen LogP contribution in [0.5, 0.6) is 0 Å². The van der Waals surface area contributed by atoms with E-state index in [2.05, 4.69) is 13.8 Å². The molecule has 0 bridgehead atoms. The lowest BCUT2D eigenvalue weighted by atomic mass is 10.2. The normalized spacial score (nSPS) is 19.9. The molecule has 1 aliphatic rings. The number of aryl methyl sites for hydroxylation is 2. The Morgan fingerprint density at radius 2 is 2.41 bits per heavy atom. The molecule has 0 aromatic carbocycles. The van der Waals surface area contributed by atoms with Crippen LogP contribution in [0.3, 0.4) is 0 Å². The molecule has 1 aliphatic heterocycles. The van der Waals surface area contributed by atoms with Gasteiger partial charge >= 0.3 is 0 Å². The van der Waals surface area contributed by atoms with Gasteiger partial charge in [0, 0.05) is 24.0 Å². The summed E-state index contributed by atoms with van der Waals surface area (Å²) >= 11 is 1.63. The zero-order chi connectivity index (χ0) is 12.4. The summed E-state index contributed by atoms with van der Waals surface area (Å²) in [4.78, 5) is 16.5. The lowest BCUT2D eigenvalue weighted by Gasteiger charge is -2.22. The summed E-state index contributed by atoms with van der Waals surface area (Å²) in [5, 5.41) is 0. The average molecular weight is 252 g/mol. The highest BCUT2D eigenvalue weighted by molar-refractivity contribution is 7.14. The molecule has 1 aromatic rings. The molecule has 4 heteroatoms. The van der Waals surface area contributed by atoms with Crippen molar-refractivity contribution >= 4 is 17.2 Å². The second-order valence-electron chi connectivity index (χ2n) is 4.60. The number of nitrogens with two attached hydrogens (primary N) is 1. The van der Waals surface area contributed by atoms with Gasteiger partial charge in [-0.25, -0.2) is 0 Å². The fourth-order valence-electron chi connectivity index (χ4n) is 2.47. The Morgan fingerprint density at radius 3 is 3.00 bits per heavy atom. The van der Waals surface area contributed by atoms with Crippen molar-refractivity contribution in [2.45, 2.75) is 39.2 Å². The van der Waals surface area contributed by atoms with Crippen LogP contribution in [-0.2, 0) is 6.42 Å². The smallest absolute Gasteiger partial charge is 0.264 e. The minimum atomic E-state index is 0.172. The first-order valence-corrected chi connectivity index (χ1v) is 7.09. The summed E-state index contributed by atoms with van der Waals surface area (Å²) in [5.41, 5.74) is 6.95. The molecule has 2 N–H and O–H groups in total. The number of thiophene rings is 1. The van der Waals surface area contributed by atoms with Crippen molar-refractivity contribution in [2.75, 3.05) is 13.1 Å². The van der Waals surface area contributed by atoms with Crippen molar-refractivity contribution in [1.82, 2.24) is 4.90 Å². The van der Waals surface area contributed by atoms with Gasteiger partial charge in [-0.15, -0.1) is 11.3 Å². The lowest BCUT2D eigenvalue weighted by Crippen LogP contribution is -2.39. The zero-order valence-electron chi connectivity index (χ0n) is 10.5. The van der Waals surface area contributed by atoms with Crippen LogP contribution in [0, 0.1) is 6.92 Å². The number of likely N-dealkylation sites (tertiary alicyclic amines) is 1. The molecule has 0 aliphatic carbocycles. The van der Waals surface area contributed by atoms with E-state index in [1.54, 1.807) is 11.3 Å². The quantitative estimate of drug-likeness (QED) is 0.896. The van der Waals surface area contributed by atoms with Gasteiger partial charge in [-0.3, -0.25) is 4.79 Å². The molecular weight excluding hydrogens is 232 g/mol. The summed E-state index contributed by atoms with van der Waals surface area (Å²) in [7, 11) is 0. The topological polar surface area (TPSA) is 46.3 Å². The summed E-state index contributed by atoms with van der Waals surface area (Å²) in [6.45, 7) is 5.65. The van der Waals surface area contributed by atoms with E-state index in [0.29, 0.717) is 6.54 Å². The third kappa shape index (κ3) is 2.38. The number of hydrogen-bond donors (Lipinski definition) is 1. The van der Waals surface area contributed by atoms with Gasteiger partial charge in [0.15, 0.2) is 0 Å². The molecule has 94 valence electrons. The molecular formula is C13H20N2OS. The van der Waals surface area contributed by atoms with E-state index < -0.39 is 0 Å². The monoisotopic (exact) mass is 252 g/mol. The van der Waals surface area contributed by atoms with E-state index in [4.69, 9.17) is 5.73 Å². The Labute approximate surface area is 107 Å². The van der Waals surface area contributed by atoms with Crippen molar-refractivity contribution < 1.29 is 4.79 Å². The predicted octanol–water partition coefficient (Wildman–Crippen LogP) is 2.18. The Bertz CT molecular complexity index is 414. The van der Waals surface area contributed by atoms with Crippen molar-refractivity contribution in [2.24, 2.45) is 5.73 Å². The average Bonchev–Trinajstić information content (AvgIpc) is 2.93. The Balaban J connectivity index is 2.18. The van der Waals surface area contributed by atoms with Gasteiger partial charge in [0.2, 0.25) is 0 Å². The number of carbonyl (C=O) groups excluding carboxylic acids is 1. The van der Waals surface area contributed by atoms with Gasteiger partial charge in [-0.1, -0.05) is 6.92 Å². The standard InChI is InChI=1S/C13H20N2OS/c1-3-11-9(2)7-12(17-11)13(16)15-6-4-5-10(15)8-14/h7,10H,3-6,8,14H2,1-2H3. The van der Waals surface area contributed by atoms with Gasteiger partial charge in [0.25, 0.3) is 5.91 Å². The molecule has 1 fully saturated rings. The highest BCUT2D eigenvalue weighted by Gasteiger charge is 2.29. The van der Waals surface area contributed by atoms with E-state index in [0.717, 1.165) is 30.7 Å². The van der Waals surface area contributed by atoms with Crippen LogP contribution in [0.1, 0.15) is 39.9 Å². The molecule has 1 aromatic heterocycles. The predicted molar refractivity (Wildman–Crippen MR) is 71.5 cm³/mol. The van der Waals surface area contributed by atoms with Crippen molar-refractivity contribution in [3.63, 3.8) is 0 Å². The highest BCUT2D eigenvalue weighted by Crippen LogP contribution is 2.26. The van der Waals surface area contributed by atoms with E-state index in [1.807, 2.05) is 11.0 Å². The summed E-state index contributed by atoms with van der Waals surface area (Å²) < 4.78 is 0. The van der Waals surface area contributed by atoms with Gasteiger partial charge < -0.3 is 10.6 Å². The number of carbonyl (C=O) groups is 1. The van der Waals surface area contributed by atoms with Crippen LogP contribution in [0.25, 0.3) is 0 Å². The largest absolute Gasteiger partial charge is 0.334 e. The molecule has 2 rings (SSSR count). The first-order valence-electron chi connectivity index (χ1n) is 6.27. The minimum absolute atomic E-state index is 0.172. The van der Waals surface area contributed by atoms with Crippen LogP contribution in [0.15, 0.2) is 6.07 Å². The van der Waals surface area contributed by atoms with E-state index >= 15 is 0 Å². The molecule has 1 atom stereocenters. The molecule has 17 heavy (non-hydrogen) atoms. The molecule has 1 saturated heterocycles. The van der Waals surface area contributed by atoms with Gasteiger partial charge in [-0.05, 0) is 37.8 Å². The van der Waals surface area contributed by atoms with Crippen molar-refractivity contribution in [3.8, 4) is 0 Å². The molecule has 0 spiro atoms. The minimum Gasteiger partial charge on any atom is -0.334 e. The molecule has 1 amide bonds. The second-order valence-corrected chi connectivity index (χ2v) is 5.74. The van der Waals surface area contributed by atoms with Crippen molar-refractivity contribution in [1.29, 1.82) is 0 Å². The third-order valence-corrected chi connectivity index (χ3v) is 4.83. The SMILES string of the molecule is CCc1sc(C(=O)N2CCCC2CN)cc1C. The van der Waals surface area contributed by atoms with Gasteiger partial charge in [0.05, 0.1) is 4.88 Å². The Hall–Kier alpha value is -0.870. The molecule has 0 radical (unpaired) electrons. The van der Waals surface area contributed by atoms with Crippen LogP contribution in [0.2, 0.25) is 0 Å². The molecule has 1 unspecified atom stereocenters. The van der Waals surface area contributed by atoms with Crippen LogP contribution in [-0.4, -0.2) is 29.9 Å². The zero-order valence-corrected chi connectivity index (χ0v) is 11.3. The lowest BCUT2D eigenvalue weighted by molar-refractivity contribution is 0.0746. The maximum atomic E-state index is 12.4. The molecule has 0 saturated carbocycles. The van der Waals surface area contributed by atoms with Gasteiger partial charge in [-0.2, -0.15) is 0 Å². The first kappa shape index (κ1) is 12.6. The summed E-state index contributed by atoms with van der Waals surface area (Å²) in [5.74, 6) is 0.172. The van der Waals surface area contributed by atoms with E-state index in [-0.39, 0.29) is 11.9 Å². The highest BCUT2D eigenvalue weighted by atomic mass is 32.1. The van der Waals surface area contributed by atoms with E-state index in [9.17, 15) is 4.79 Å². The summed E-state index contributed by atoms with van der Waals surface area (Å²) in [6.07, 6.45) is 3.13. The molecule has 2 heterocycles. The maximum absolute atomic E-state index is 12.4. The maximum Gasteiger partial charge on any atom is 0.264 e. The first-order chi connectivity index (χ1) is 8.17. The van der Waals surface area contributed by atoms with Gasteiger partial charge in [0.1, 0.15) is 0 Å². The fourth-order valence-corrected chi connectivity index (χ4v) is 3.54. The third-order valence-electron chi connectivity index (χ3n) is 3.46. The second kappa shape index (κ2) is 5.19. The molecule has 3 nitrogen and oxygen atoms in total. The number of nitrogens with zero attached hydrogens (tertiary/aromatic N) is 1. The Morgan fingerprint density at radius 1 is 1.65 bits per heavy atom. The van der Waals surface area contributed by atoms with E-state index in [1.165, 1.54) is 10.4 Å².